The molecule has 0 spiro atoms. The smallest absolute Gasteiger partial charge is 0.119 e. The number of phenols is 1. The maximum atomic E-state index is 9.45. The van der Waals surface area contributed by atoms with Crippen LogP contribution in [-0.4, -0.2) is 5.11 Å². The number of rotatable bonds is 2. The van der Waals surface area contributed by atoms with Crippen LogP contribution in [0, 0.1) is 12.8 Å². The van der Waals surface area contributed by atoms with Gasteiger partial charge < -0.3 is 5.11 Å². The summed E-state index contributed by atoms with van der Waals surface area (Å²) >= 11 is 0. The lowest BCUT2D eigenvalue weighted by atomic mass is 10.1. The molecular weight excluding hydrogens is 160 g/mol. The van der Waals surface area contributed by atoms with Crippen LogP contribution in [0.5, 0.6) is 5.75 Å². The summed E-state index contributed by atoms with van der Waals surface area (Å²) in [5, 5.41) is 9.45. The molecule has 0 unspecified atom stereocenters. The van der Waals surface area contributed by atoms with Crippen molar-refractivity contribution < 1.29 is 5.11 Å². The van der Waals surface area contributed by atoms with Gasteiger partial charge in [-0.25, -0.2) is 0 Å². The quantitative estimate of drug-likeness (QED) is 0.730. The normalized spacial score (nSPS) is 16.7. The first-order valence-corrected chi connectivity index (χ1v) is 4.73. The molecule has 2 rings (SSSR count). The van der Waals surface area contributed by atoms with E-state index >= 15 is 0 Å². The highest BCUT2D eigenvalue weighted by Crippen LogP contribution is 2.31. The van der Waals surface area contributed by atoms with Gasteiger partial charge in [0.05, 0.1) is 0 Å². The predicted molar refractivity (Wildman–Crippen MR) is 54.6 cm³/mol. The molecule has 1 aliphatic carbocycles. The maximum Gasteiger partial charge on any atom is 0.119 e. The van der Waals surface area contributed by atoms with Crippen LogP contribution in [0.3, 0.4) is 0 Å². The summed E-state index contributed by atoms with van der Waals surface area (Å²) in [5.74, 6) is 1.18. The van der Waals surface area contributed by atoms with E-state index in [9.17, 15) is 5.11 Å². The highest BCUT2D eigenvalue weighted by atomic mass is 16.3. The van der Waals surface area contributed by atoms with Gasteiger partial charge in [0.1, 0.15) is 5.75 Å². The van der Waals surface area contributed by atoms with Gasteiger partial charge in [-0.1, -0.05) is 24.3 Å². The van der Waals surface area contributed by atoms with E-state index in [0.717, 1.165) is 17.0 Å². The predicted octanol–water partition coefficient (Wildman–Crippen LogP) is 3.12. The van der Waals surface area contributed by atoms with Gasteiger partial charge in [0.15, 0.2) is 0 Å². The third-order valence-corrected chi connectivity index (χ3v) is 2.42. The SMILES string of the molecule is Cc1ccc(/C=C/C2CC2)cc1O. The number of aromatic hydroxyl groups is 1. The van der Waals surface area contributed by atoms with Gasteiger partial charge in [-0.2, -0.15) is 0 Å². The Morgan fingerprint density at radius 2 is 2.15 bits per heavy atom. The Hall–Kier alpha value is -1.24. The molecule has 0 amide bonds. The second-order valence-corrected chi connectivity index (χ2v) is 3.74. The standard InChI is InChI=1S/C12H14O/c1-9-2-3-11(8-12(9)13)7-6-10-4-5-10/h2-3,6-8,10,13H,4-5H2,1H3/b7-6+. The summed E-state index contributed by atoms with van der Waals surface area (Å²) < 4.78 is 0. The molecule has 0 saturated heterocycles. The van der Waals surface area contributed by atoms with Crippen molar-refractivity contribution in [2.75, 3.05) is 0 Å². The Kier molecular flexibility index (Phi) is 2.09. The Balaban J connectivity index is 2.15. The number of benzene rings is 1. The minimum Gasteiger partial charge on any atom is -0.508 e. The number of aryl methyl sites for hydroxylation is 1. The molecule has 0 radical (unpaired) electrons. The zero-order valence-electron chi connectivity index (χ0n) is 7.83. The summed E-state index contributed by atoms with van der Waals surface area (Å²) in [6, 6.07) is 5.80. The third-order valence-electron chi connectivity index (χ3n) is 2.42. The average Bonchev–Trinajstić information content (AvgIpc) is 2.91. The van der Waals surface area contributed by atoms with Crippen LogP contribution < -0.4 is 0 Å². The van der Waals surface area contributed by atoms with E-state index in [-0.39, 0.29) is 0 Å². The molecule has 1 fully saturated rings. The van der Waals surface area contributed by atoms with Crippen molar-refractivity contribution in [3.05, 3.63) is 35.4 Å². The summed E-state index contributed by atoms with van der Waals surface area (Å²) in [6.07, 6.45) is 6.98. The summed E-state index contributed by atoms with van der Waals surface area (Å²) in [7, 11) is 0. The Morgan fingerprint density at radius 3 is 2.77 bits per heavy atom. The molecule has 0 aliphatic heterocycles. The molecule has 0 atom stereocenters. The second kappa shape index (κ2) is 3.25. The van der Waals surface area contributed by atoms with Gasteiger partial charge in [0, 0.05) is 0 Å². The van der Waals surface area contributed by atoms with Crippen molar-refractivity contribution >= 4 is 6.08 Å². The minimum absolute atomic E-state index is 0.387. The largest absolute Gasteiger partial charge is 0.508 e. The van der Waals surface area contributed by atoms with Crippen molar-refractivity contribution in [3.8, 4) is 5.75 Å². The van der Waals surface area contributed by atoms with E-state index in [2.05, 4.69) is 12.2 Å². The number of allylic oxidation sites excluding steroid dienone is 1. The van der Waals surface area contributed by atoms with Crippen molar-refractivity contribution in [2.45, 2.75) is 19.8 Å². The van der Waals surface area contributed by atoms with Crippen LogP contribution in [0.25, 0.3) is 6.08 Å². The molecule has 0 aromatic heterocycles. The van der Waals surface area contributed by atoms with Gasteiger partial charge in [-0.15, -0.1) is 0 Å². The van der Waals surface area contributed by atoms with Gasteiger partial charge in [0.25, 0.3) is 0 Å². The Bertz CT molecular complexity index is 335. The molecule has 1 heteroatoms. The monoisotopic (exact) mass is 174 g/mol. The fraction of sp³-hybridized carbons (Fsp3) is 0.333. The molecule has 0 heterocycles. The zero-order valence-corrected chi connectivity index (χ0v) is 7.83. The minimum atomic E-state index is 0.387. The van der Waals surface area contributed by atoms with Crippen LogP contribution in [-0.2, 0) is 0 Å². The number of phenolic OH excluding ortho intramolecular Hbond substituents is 1. The lowest BCUT2D eigenvalue weighted by molar-refractivity contribution is 0.471. The first-order valence-electron chi connectivity index (χ1n) is 4.73. The van der Waals surface area contributed by atoms with E-state index in [1.54, 1.807) is 0 Å². The van der Waals surface area contributed by atoms with Crippen LogP contribution in [0.15, 0.2) is 24.3 Å². The van der Waals surface area contributed by atoms with E-state index in [4.69, 9.17) is 0 Å². The summed E-state index contributed by atoms with van der Waals surface area (Å²) in [4.78, 5) is 0. The van der Waals surface area contributed by atoms with Gasteiger partial charge >= 0.3 is 0 Å². The van der Waals surface area contributed by atoms with E-state index in [1.807, 2.05) is 25.1 Å². The molecule has 13 heavy (non-hydrogen) atoms. The Labute approximate surface area is 78.7 Å². The maximum absolute atomic E-state index is 9.45. The van der Waals surface area contributed by atoms with Crippen molar-refractivity contribution in [3.63, 3.8) is 0 Å². The Morgan fingerprint density at radius 1 is 1.38 bits per heavy atom. The molecule has 0 bridgehead atoms. The van der Waals surface area contributed by atoms with Crippen molar-refractivity contribution in [1.82, 2.24) is 0 Å². The molecule has 1 aliphatic rings. The first-order chi connectivity index (χ1) is 6.25. The second-order valence-electron chi connectivity index (χ2n) is 3.74. The van der Waals surface area contributed by atoms with Crippen LogP contribution in [0.2, 0.25) is 0 Å². The van der Waals surface area contributed by atoms with E-state index in [0.29, 0.717) is 5.75 Å². The van der Waals surface area contributed by atoms with Crippen molar-refractivity contribution in [1.29, 1.82) is 0 Å². The van der Waals surface area contributed by atoms with Crippen LogP contribution >= 0.6 is 0 Å². The highest BCUT2D eigenvalue weighted by Gasteiger charge is 2.16. The van der Waals surface area contributed by atoms with Gasteiger partial charge in [0.2, 0.25) is 0 Å². The molecule has 1 aromatic rings. The molecule has 1 aromatic carbocycles. The zero-order chi connectivity index (χ0) is 9.26. The lowest BCUT2D eigenvalue weighted by Gasteiger charge is -1.99. The van der Waals surface area contributed by atoms with Crippen molar-refractivity contribution in [2.24, 2.45) is 5.92 Å². The molecule has 1 N–H and O–H groups in total. The van der Waals surface area contributed by atoms with E-state index in [1.165, 1.54) is 12.8 Å². The fourth-order valence-electron chi connectivity index (χ4n) is 1.27. The number of hydrogen-bond acceptors (Lipinski definition) is 1. The molecular formula is C12H14O. The highest BCUT2D eigenvalue weighted by molar-refractivity contribution is 5.53. The van der Waals surface area contributed by atoms with Crippen LogP contribution in [0.1, 0.15) is 24.0 Å². The van der Waals surface area contributed by atoms with Gasteiger partial charge in [-0.05, 0) is 42.9 Å². The average molecular weight is 174 g/mol. The first kappa shape index (κ1) is 8.36. The topological polar surface area (TPSA) is 20.2 Å². The lowest BCUT2D eigenvalue weighted by Crippen LogP contribution is -1.76. The fourth-order valence-corrected chi connectivity index (χ4v) is 1.27. The molecule has 1 saturated carbocycles. The van der Waals surface area contributed by atoms with Gasteiger partial charge in [-0.3, -0.25) is 0 Å². The molecule has 1 nitrogen and oxygen atoms in total. The molecule has 68 valence electrons. The number of hydrogen-bond donors (Lipinski definition) is 1. The summed E-state index contributed by atoms with van der Waals surface area (Å²) in [5.41, 5.74) is 2.03. The van der Waals surface area contributed by atoms with E-state index < -0.39 is 0 Å². The third kappa shape index (κ3) is 2.11. The summed E-state index contributed by atoms with van der Waals surface area (Å²) in [6.45, 7) is 1.91. The van der Waals surface area contributed by atoms with Crippen LogP contribution in [0.4, 0.5) is 0 Å².